The van der Waals surface area contributed by atoms with Gasteiger partial charge in [-0.15, -0.1) is 0 Å². The van der Waals surface area contributed by atoms with E-state index in [-0.39, 0.29) is 23.6 Å². The van der Waals surface area contributed by atoms with Gasteiger partial charge in [0.15, 0.2) is 11.2 Å². The first-order chi connectivity index (χ1) is 13.5. The molecule has 2 aromatic heterocycles. The lowest BCUT2D eigenvalue weighted by molar-refractivity contribution is -0.119. The van der Waals surface area contributed by atoms with Gasteiger partial charge >= 0.3 is 5.69 Å². The maximum atomic E-state index is 13.1. The standard InChI is InChI=1S/C20H19N5O3/c1-3-25(15-10-6-8-13-7-4-5-9-14(13)15)16(26)11-24-12-21-18-17(24)19(27)22-20(28)23(18)2/h4-10,12H,3,11H2,1-2H3,(H,22,27,28). The van der Waals surface area contributed by atoms with Crippen molar-refractivity contribution in [1.29, 1.82) is 0 Å². The van der Waals surface area contributed by atoms with Gasteiger partial charge < -0.3 is 9.47 Å². The van der Waals surface area contributed by atoms with E-state index in [0.29, 0.717) is 6.54 Å². The minimum absolute atomic E-state index is 0.0607. The quantitative estimate of drug-likeness (QED) is 0.585. The summed E-state index contributed by atoms with van der Waals surface area (Å²) in [5.74, 6) is -0.175. The molecule has 2 heterocycles. The zero-order valence-corrected chi connectivity index (χ0v) is 15.5. The van der Waals surface area contributed by atoms with Crippen molar-refractivity contribution in [2.24, 2.45) is 7.05 Å². The van der Waals surface area contributed by atoms with Gasteiger partial charge in [-0.05, 0) is 18.4 Å². The number of nitrogens with one attached hydrogen (secondary N) is 1. The molecule has 8 nitrogen and oxygen atoms in total. The molecule has 0 atom stereocenters. The number of aromatic amines is 1. The fourth-order valence-corrected chi connectivity index (χ4v) is 3.46. The summed E-state index contributed by atoms with van der Waals surface area (Å²) < 4.78 is 2.73. The highest BCUT2D eigenvalue weighted by atomic mass is 16.2. The number of likely N-dealkylation sites (N-methyl/N-ethyl adjacent to an activating group) is 1. The van der Waals surface area contributed by atoms with Crippen LogP contribution >= 0.6 is 0 Å². The number of carbonyl (C=O) groups is 1. The highest BCUT2D eigenvalue weighted by molar-refractivity contribution is 6.03. The van der Waals surface area contributed by atoms with Crippen molar-refractivity contribution in [1.82, 2.24) is 19.1 Å². The number of nitrogens with zero attached hydrogens (tertiary/aromatic N) is 4. The van der Waals surface area contributed by atoms with E-state index in [1.807, 2.05) is 49.4 Å². The van der Waals surface area contributed by atoms with Gasteiger partial charge in [0, 0.05) is 19.0 Å². The lowest BCUT2D eigenvalue weighted by atomic mass is 10.1. The molecule has 0 aliphatic carbocycles. The van der Waals surface area contributed by atoms with Gasteiger partial charge in [-0.3, -0.25) is 19.1 Å². The van der Waals surface area contributed by atoms with Crippen LogP contribution in [0.1, 0.15) is 6.92 Å². The van der Waals surface area contributed by atoms with Crippen LogP contribution < -0.4 is 16.1 Å². The number of H-pyrrole nitrogens is 1. The summed E-state index contributed by atoms with van der Waals surface area (Å²) in [6.45, 7) is 2.32. The van der Waals surface area contributed by atoms with Gasteiger partial charge in [0.25, 0.3) is 5.56 Å². The van der Waals surface area contributed by atoms with E-state index in [1.54, 1.807) is 4.90 Å². The van der Waals surface area contributed by atoms with Crippen molar-refractivity contribution in [3.05, 3.63) is 69.6 Å². The van der Waals surface area contributed by atoms with Crippen LogP contribution in [0.5, 0.6) is 0 Å². The normalized spacial score (nSPS) is 11.2. The average Bonchev–Trinajstić information content (AvgIpc) is 3.11. The molecule has 0 saturated carbocycles. The molecule has 0 radical (unpaired) electrons. The molecule has 0 aliphatic rings. The van der Waals surface area contributed by atoms with Crippen molar-refractivity contribution in [2.45, 2.75) is 13.5 Å². The molecule has 142 valence electrons. The summed E-state index contributed by atoms with van der Waals surface area (Å²) >= 11 is 0. The third kappa shape index (κ3) is 2.79. The van der Waals surface area contributed by atoms with Crippen molar-refractivity contribution in [3.8, 4) is 0 Å². The van der Waals surface area contributed by atoms with E-state index in [4.69, 9.17) is 0 Å². The smallest absolute Gasteiger partial charge is 0.315 e. The summed E-state index contributed by atoms with van der Waals surface area (Å²) in [4.78, 5) is 45.1. The minimum Gasteiger partial charge on any atom is -0.315 e. The molecular weight excluding hydrogens is 358 g/mol. The Kier molecular flexibility index (Phi) is 4.31. The number of benzene rings is 2. The summed E-state index contributed by atoms with van der Waals surface area (Å²) in [5, 5.41) is 2.03. The molecule has 1 amide bonds. The third-order valence-corrected chi connectivity index (χ3v) is 4.86. The summed E-state index contributed by atoms with van der Waals surface area (Å²) in [5.41, 5.74) is 0.159. The second kappa shape index (κ2) is 6.80. The Morgan fingerprint density at radius 3 is 2.68 bits per heavy atom. The number of hydrogen-bond donors (Lipinski definition) is 1. The Bertz CT molecular complexity index is 1310. The predicted molar refractivity (Wildman–Crippen MR) is 108 cm³/mol. The molecule has 1 N–H and O–H groups in total. The first kappa shape index (κ1) is 17.7. The number of aryl methyl sites for hydroxylation is 1. The molecule has 0 bridgehead atoms. The van der Waals surface area contributed by atoms with E-state index in [2.05, 4.69) is 9.97 Å². The Hall–Kier alpha value is -3.68. The van der Waals surface area contributed by atoms with Crippen molar-refractivity contribution in [3.63, 3.8) is 0 Å². The molecule has 2 aromatic carbocycles. The fourth-order valence-electron chi connectivity index (χ4n) is 3.46. The van der Waals surface area contributed by atoms with Crippen molar-refractivity contribution >= 4 is 33.5 Å². The Balaban J connectivity index is 1.75. The number of aromatic nitrogens is 4. The minimum atomic E-state index is -0.559. The van der Waals surface area contributed by atoms with Crippen LogP contribution in [0.3, 0.4) is 0 Å². The van der Waals surface area contributed by atoms with Crippen LogP contribution in [-0.2, 0) is 18.4 Å². The first-order valence-corrected chi connectivity index (χ1v) is 8.93. The predicted octanol–water partition coefficient (Wildman–Crippen LogP) is 1.63. The van der Waals surface area contributed by atoms with Crippen LogP contribution in [-0.4, -0.2) is 31.6 Å². The zero-order valence-electron chi connectivity index (χ0n) is 15.5. The van der Waals surface area contributed by atoms with Crippen LogP contribution in [0, 0.1) is 0 Å². The molecule has 4 aromatic rings. The summed E-state index contributed by atoms with van der Waals surface area (Å²) in [6, 6.07) is 13.7. The van der Waals surface area contributed by atoms with Crippen LogP contribution in [0.2, 0.25) is 0 Å². The SMILES string of the molecule is CCN(C(=O)Cn1cnc2c1c(=O)[nH]c(=O)n2C)c1cccc2ccccc12. The molecule has 0 spiro atoms. The number of carbonyl (C=O) groups excluding carboxylic acids is 1. The number of anilines is 1. The van der Waals surface area contributed by atoms with Crippen LogP contribution in [0.15, 0.2) is 58.4 Å². The lowest BCUT2D eigenvalue weighted by Gasteiger charge is -2.23. The highest BCUT2D eigenvalue weighted by Crippen LogP contribution is 2.27. The van der Waals surface area contributed by atoms with E-state index in [9.17, 15) is 14.4 Å². The van der Waals surface area contributed by atoms with Gasteiger partial charge in [0.05, 0.1) is 12.0 Å². The molecule has 0 fully saturated rings. The second-order valence-corrected chi connectivity index (χ2v) is 6.50. The first-order valence-electron chi connectivity index (χ1n) is 8.93. The van der Waals surface area contributed by atoms with Crippen molar-refractivity contribution in [2.75, 3.05) is 11.4 Å². The Labute approximate surface area is 159 Å². The highest BCUT2D eigenvalue weighted by Gasteiger charge is 2.19. The van der Waals surface area contributed by atoms with E-state index in [1.165, 1.54) is 22.5 Å². The number of fused-ring (bicyclic) bond motifs is 2. The molecule has 28 heavy (non-hydrogen) atoms. The largest absolute Gasteiger partial charge is 0.329 e. The zero-order chi connectivity index (χ0) is 19.8. The van der Waals surface area contributed by atoms with Gasteiger partial charge in [-0.2, -0.15) is 0 Å². The topological polar surface area (TPSA) is 93.0 Å². The summed E-state index contributed by atoms with van der Waals surface area (Å²) in [7, 11) is 1.52. The molecule has 0 aliphatic heterocycles. The van der Waals surface area contributed by atoms with Gasteiger partial charge in [-0.1, -0.05) is 36.4 Å². The molecule has 8 heteroatoms. The maximum absolute atomic E-state index is 13.1. The van der Waals surface area contributed by atoms with Crippen LogP contribution in [0.25, 0.3) is 21.9 Å². The average molecular weight is 377 g/mol. The van der Waals surface area contributed by atoms with Gasteiger partial charge in [0.1, 0.15) is 6.54 Å². The number of imidazole rings is 1. The summed E-state index contributed by atoms with van der Waals surface area (Å²) in [6.07, 6.45) is 1.41. The van der Waals surface area contributed by atoms with E-state index in [0.717, 1.165) is 16.5 Å². The molecule has 0 saturated heterocycles. The fraction of sp³-hybridized carbons (Fsp3) is 0.200. The monoisotopic (exact) mass is 377 g/mol. The van der Waals surface area contributed by atoms with Gasteiger partial charge in [0.2, 0.25) is 5.91 Å². The molecule has 4 rings (SSSR count). The van der Waals surface area contributed by atoms with Crippen LogP contribution in [0.4, 0.5) is 5.69 Å². The number of rotatable bonds is 4. The lowest BCUT2D eigenvalue weighted by Crippen LogP contribution is -2.35. The number of hydrogen-bond acceptors (Lipinski definition) is 4. The maximum Gasteiger partial charge on any atom is 0.329 e. The van der Waals surface area contributed by atoms with E-state index >= 15 is 0 Å². The van der Waals surface area contributed by atoms with E-state index < -0.39 is 11.2 Å². The Morgan fingerprint density at radius 1 is 1.14 bits per heavy atom. The number of amides is 1. The Morgan fingerprint density at radius 2 is 1.89 bits per heavy atom. The molecular formula is C20H19N5O3. The second-order valence-electron chi connectivity index (χ2n) is 6.50. The van der Waals surface area contributed by atoms with Gasteiger partial charge in [-0.25, -0.2) is 9.78 Å². The van der Waals surface area contributed by atoms with Crippen molar-refractivity contribution < 1.29 is 4.79 Å². The third-order valence-electron chi connectivity index (χ3n) is 4.86. The molecule has 0 unspecified atom stereocenters.